The second-order valence-corrected chi connectivity index (χ2v) is 5.10. The lowest BCUT2D eigenvalue weighted by Crippen LogP contribution is -1.89. The van der Waals surface area contributed by atoms with Gasteiger partial charge in [-0.3, -0.25) is 0 Å². The lowest BCUT2D eigenvalue weighted by Gasteiger charge is -2.03. The second-order valence-electron chi connectivity index (χ2n) is 4.24. The van der Waals surface area contributed by atoms with Crippen molar-refractivity contribution in [3.63, 3.8) is 0 Å². The van der Waals surface area contributed by atoms with E-state index in [0.29, 0.717) is 17.5 Å². The fourth-order valence-corrected chi connectivity index (χ4v) is 2.39. The van der Waals surface area contributed by atoms with Crippen LogP contribution in [-0.4, -0.2) is 22.2 Å². The van der Waals surface area contributed by atoms with Gasteiger partial charge in [-0.15, -0.1) is 0 Å². The zero-order valence-corrected chi connectivity index (χ0v) is 12.7. The number of halogens is 1. The molecule has 0 atom stereocenters. The summed E-state index contributed by atoms with van der Waals surface area (Å²) in [5.41, 5.74) is 7.19. The molecule has 7 heteroatoms. The van der Waals surface area contributed by atoms with Crippen LogP contribution in [0.5, 0.6) is 5.75 Å². The summed E-state index contributed by atoms with van der Waals surface area (Å²) in [6.07, 6.45) is 1.60. The fourth-order valence-electron chi connectivity index (χ4n) is 1.84. The first kappa shape index (κ1) is 13.6. The summed E-state index contributed by atoms with van der Waals surface area (Å²) in [5, 5.41) is 3.98. The van der Waals surface area contributed by atoms with Crippen molar-refractivity contribution in [2.45, 2.75) is 0 Å². The highest BCUT2D eigenvalue weighted by Crippen LogP contribution is 2.30. The number of anilines is 1. The molecule has 1 aromatic carbocycles. The van der Waals surface area contributed by atoms with Gasteiger partial charge in [0, 0.05) is 17.3 Å². The number of nitrogens with zero attached hydrogens (tertiary/aromatic N) is 3. The quantitative estimate of drug-likeness (QED) is 0.783. The van der Waals surface area contributed by atoms with E-state index in [0.717, 1.165) is 21.3 Å². The first-order chi connectivity index (χ1) is 10.2. The normalized spacial score (nSPS) is 10.6. The van der Waals surface area contributed by atoms with Gasteiger partial charge in [0.15, 0.2) is 0 Å². The molecule has 0 radical (unpaired) electrons. The topological polar surface area (TPSA) is 87.1 Å². The van der Waals surface area contributed by atoms with Crippen molar-refractivity contribution >= 4 is 21.7 Å². The van der Waals surface area contributed by atoms with Crippen molar-refractivity contribution in [3.05, 3.63) is 41.0 Å². The van der Waals surface area contributed by atoms with Gasteiger partial charge in [-0.2, -0.15) is 4.98 Å². The van der Waals surface area contributed by atoms with Crippen LogP contribution < -0.4 is 10.5 Å². The highest BCUT2D eigenvalue weighted by Gasteiger charge is 2.12. The van der Waals surface area contributed by atoms with Gasteiger partial charge in [-0.1, -0.05) is 5.16 Å². The van der Waals surface area contributed by atoms with E-state index in [-0.39, 0.29) is 0 Å². The van der Waals surface area contributed by atoms with Crippen molar-refractivity contribution in [2.24, 2.45) is 0 Å². The van der Waals surface area contributed by atoms with Gasteiger partial charge >= 0.3 is 0 Å². The van der Waals surface area contributed by atoms with Crippen molar-refractivity contribution in [2.75, 3.05) is 12.8 Å². The number of hydrogen-bond acceptors (Lipinski definition) is 6. The van der Waals surface area contributed by atoms with Gasteiger partial charge in [0.2, 0.25) is 5.82 Å². The van der Waals surface area contributed by atoms with Crippen LogP contribution >= 0.6 is 15.9 Å². The van der Waals surface area contributed by atoms with Crippen molar-refractivity contribution in [1.29, 1.82) is 0 Å². The monoisotopic (exact) mass is 346 g/mol. The van der Waals surface area contributed by atoms with E-state index >= 15 is 0 Å². The highest BCUT2D eigenvalue weighted by atomic mass is 79.9. The lowest BCUT2D eigenvalue weighted by molar-refractivity contribution is 0.412. The fraction of sp³-hybridized carbons (Fsp3) is 0.0714. The summed E-state index contributed by atoms with van der Waals surface area (Å²) >= 11 is 3.43. The minimum absolute atomic E-state index is 0.394. The van der Waals surface area contributed by atoms with E-state index in [2.05, 4.69) is 31.1 Å². The van der Waals surface area contributed by atoms with E-state index in [4.69, 9.17) is 15.0 Å². The predicted molar refractivity (Wildman–Crippen MR) is 81.6 cm³/mol. The van der Waals surface area contributed by atoms with E-state index in [1.165, 1.54) is 0 Å². The highest BCUT2D eigenvalue weighted by molar-refractivity contribution is 9.10. The maximum atomic E-state index is 5.64. The molecule has 0 aliphatic carbocycles. The summed E-state index contributed by atoms with van der Waals surface area (Å²) in [4.78, 5) is 8.29. The van der Waals surface area contributed by atoms with Gasteiger partial charge in [0.1, 0.15) is 11.6 Å². The summed E-state index contributed by atoms with van der Waals surface area (Å²) < 4.78 is 11.3. The van der Waals surface area contributed by atoms with Crippen LogP contribution in [0.25, 0.3) is 22.8 Å². The Morgan fingerprint density at radius 1 is 1.19 bits per heavy atom. The maximum Gasteiger partial charge on any atom is 0.258 e. The van der Waals surface area contributed by atoms with Crippen LogP contribution in [0.1, 0.15) is 0 Å². The number of ether oxygens (including phenoxy) is 1. The van der Waals surface area contributed by atoms with Gasteiger partial charge in [0.05, 0.1) is 11.6 Å². The molecule has 0 unspecified atom stereocenters. The van der Waals surface area contributed by atoms with Crippen LogP contribution in [0.3, 0.4) is 0 Å². The third kappa shape index (κ3) is 2.73. The smallest absolute Gasteiger partial charge is 0.258 e. The Hall–Kier alpha value is -2.41. The first-order valence-electron chi connectivity index (χ1n) is 6.07. The third-order valence-electron chi connectivity index (χ3n) is 2.86. The van der Waals surface area contributed by atoms with Gasteiger partial charge in [-0.25, -0.2) is 4.98 Å². The Labute approximate surface area is 129 Å². The number of aromatic nitrogens is 3. The standard InChI is InChI=1S/C14H11BrN4O2/c1-20-11-3-2-8(6-10(11)15)13-18-14(21-19-13)9-4-5-17-12(16)7-9/h2-7H,1H3,(H2,16,17). The van der Waals surface area contributed by atoms with Gasteiger partial charge in [0.25, 0.3) is 5.89 Å². The molecule has 0 aliphatic heterocycles. The number of pyridine rings is 1. The molecule has 0 bridgehead atoms. The molecule has 2 aromatic heterocycles. The molecular formula is C14H11BrN4O2. The molecule has 0 saturated carbocycles. The molecule has 0 fully saturated rings. The van der Waals surface area contributed by atoms with Crippen LogP contribution in [-0.2, 0) is 0 Å². The molecule has 0 amide bonds. The second kappa shape index (κ2) is 5.53. The predicted octanol–water partition coefficient (Wildman–Crippen LogP) is 3.15. The number of nitrogens with two attached hydrogens (primary N) is 1. The Bertz CT molecular complexity index is 788. The van der Waals surface area contributed by atoms with E-state index < -0.39 is 0 Å². The molecule has 3 aromatic rings. The summed E-state index contributed by atoms with van der Waals surface area (Å²) in [6.45, 7) is 0. The van der Waals surface area contributed by atoms with Crippen LogP contribution in [0.4, 0.5) is 5.82 Å². The largest absolute Gasteiger partial charge is 0.496 e. The number of nitrogen functional groups attached to an aromatic ring is 1. The number of methoxy groups -OCH3 is 1. The molecule has 0 aliphatic rings. The zero-order valence-electron chi connectivity index (χ0n) is 11.1. The molecule has 106 valence electrons. The number of benzene rings is 1. The number of hydrogen-bond donors (Lipinski definition) is 1. The minimum atomic E-state index is 0.394. The molecule has 6 nitrogen and oxygen atoms in total. The van der Waals surface area contributed by atoms with Crippen molar-refractivity contribution < 1.29 is 9.26 Å². The molecular weight excluding hydrogens is 336 g/mol. The zero-order chi connectivity index (χ0) is 14.8. The minimum Gasteiger partial charge on any atom is -0.496 e. The van der Waals surface area contributed by atoms with Gasteiger partial charge in [-0.05, 0) is 46.3 Å². The van der Waals surface area contributed by atoms with Gasteiger partial charge < -0.3 is 15.0 Å². The Morgan fingerprint density at radius 3 is 2.76 bits per heavy atom. The SMILES string of the molecule is COc1ccc(-c2noc(-c3ccnc(N)c3)n2)cc1Br. The van der Waals surface area contributed by atoms with Crippen molar-refractivity contribution in [3.8, 4) is 28.6 Å². The van der Waals surface area contributed by atoms with Crippen LogP contribution in [0.15, 0.2) is 45.5 Å². The van der Waals surface area contributed by atoms with Crippen LogP contribution in [0, 0.1) is 0 Å². The third-order valence-corrected chi connectivity index (χ3v) is 3.48. The average molecular weight is 347 g/mol. The van der Waals surface area contributed by atoms with Crippen molar-refractivity contribution in [1.82, 2.24) is 15.1 Å². The first-order valence-corrected chi connectivity index (χ1v) is 6.86. The Kier molecular flexibility index (Phi) is 3.57. The Morgan fingerprint density at radius 2 is 2.05 bits per heavy atom. The summed E-state index contributed by atoms with van der Waals surface area (Å²) in [7, 11) is 1.61. The maximum absolute atomic E-state index is 5.64. The number of rotatable bonds is 3. The average Bonchev–Trinajstić information content (AvgIpc) is 2.97. The van der Waals surface area contributed by atoms with E-state index in [1.807, 2.05) is 18.2 Å². The summed E-state index contributed by atoms with van der Waals surface area (Å²) in [5.74, 6) is 2.03. The summed E-state index contributed by atoms with van der Waals surface area (Å²) in [6, 6.07) is 9.01. The molecule has 21 heavy (non-hydrogen) atoms. The Balaban J connectivity index is 1.96. The molecule has 0 spiro atoms. The van der Waals surface area contributed by atoms with Crippen LogP contribution in [0.2, 0.25) is 0 Å². The molecule has 2 N–H and O–H groups in total. The molecule has 3 rings (SSSR count). The molecule has 0 saturated heterocycles. The van der Waals surface area contributed by atoms with E-state index in [1.54, 1.807) is 25.4 Å². The lowest BCUT2D eigenvalue weighted by atomic mass is 10.2. The molecule has 2 heterocycles. The van der Waals surface area contributed by atoms with E-state index in [9.17, 15) is 0 Å².